The van der Waals surface area contributed by atoms with Crippen LogP contribution in [0.1, 0.15) is 28.0 Å². The van der Waals surface area contributed by atoms with Crippen LogP contribution in [0.15, 0.2) is 23.6 Å². The van der Waals surface area contributed by atoms with Crippen molar-refractivity contribution < 1.29 is 13.2 Å². The molecular weight excluding hydrogens is 370 g/mol. The topological polar surface area (TPSA) is 70.6 Å². The Hall–Kier alpha value is -1.77. The van der Waals surface area contributed by atoms with Gasteiger partial charge in [0.15, 0.2) is 0 Å². The standard InChI is InChI=1S/C18H23N3O3S2/c1-13-5-6-15(14(2)11-13)17-19-16(12-25-17)18(22)20-7-4-8-21(10-9-20)26(3,23)24/h5-6,11-12H,4,7-10H2,1-3H3. The molecule has 1 fully saturated rings. The van der Waals surface area contributed by atoms with Gasteiger partial charge in [0.1, 0.15) is 10.7 Å². The first-order valence-electron chi connectivity index (χ1n) is 8.53. The van der Waals surface area contributed by atoms with Crippen molar-refractivity contribution in [2.45, 2.75) is 20.3 Å². The summed E-state index contributed by atoms with van der Waals surface area (Å²) in [5.41, 5.74) is 3.80. The summed E-state index contributed by atoms with van der Waals surface area (Å²) < 4.78 is 24.9. The molecule has 1 amide bonds. The number of carbonyl (C=O) groups is 1. The Kier molecular flexibility index (Phi) is 5.45. The lowest BCUT2D eigenvalue weighted by Crippen LogP contribution is -2.37. The molecule has 6 nitrogen and oxygen atoms in total. The summed E-state index contributed by atoms with van der Waals surface area (Å²) >= 11 is 1.46. The predicted octanol–water partition coefficient (Wildman–Crippen LogP) is 2.53. The van der Waals surface area contributed by atoms with E-state index in [0.717, 1.165) is 16.1 Å². The molecule has 2 aromatic rings. The molecule has 2 heterocycles. The largest absolute Gasteiger partial charge is 0.336 e. The summed E-state index contributed by atoms with van der Waals surface area (Å²) in [6.45, 7) is 5.81. The minimum Gasteiger partial charge on any atom is -0.336 e. The summed E-state index contributed by atoms with van der Waals surface area (Å²) in [5.74, 6) is -0.132. The molecule has 0 unspecified atom stereocenters. The van der Waals surface area contributed by atoms with Crippen LogP contribution in [0.25, 0.3) is 10.6 Å². The lowest BCUT2D eigenvalue weighted by molar-refractivity contribution is 0.0759. The molecule has 1 saturated heterocycles. The van der Waals surface area contributed by atoms with Gasteiger partial charge in [0.05, 0.1) is 6.26 Å². The van der Waals surface area contributed by atoms with Crippen molar-refractivity contribution in [2.24, 2.45) is 0 Å². The van der Waals surface area contributed by atoms with Gasteiger partial charge in [-0.2, -0.15) is 0 Å². The Balaban J connectivity index is 1.76. The maximum atomic E-state index is 12.8. The highest BCUT2D eigenvalue weighted by Gasteiger charge is 2.25. The molecule has 0 N–H and O–H groups in total. The normalized spacial score (nSPS) is 16.5. The van der Waals surface area contributed by atoms with Gasteiger partial charge in [-0.05, 0) is 25.8 Å². The van der Waals surface area contributed by atoms with E-state index in [2.05, 4.69) is 11.1 Å². The van der Waals surface area contributed by atoms with Gasteiger partial charge in [-0.25, -0.2) is 17.7 Å². The average molecular weight is 394 g/mol. The predicted molar refractivity (Wildman–Crippen MR) is 104 cm³/mol. The first kappa shape index (κ1) is 19.0. The van der Waals surface area contributed by atoms with Crippen molar-refractivity contribution in [3.8, 4) is 10.6 Å². The third-order valence-electron chi connectivity index (χ3n) is 4.55. The molecule has 0 aliphatic carbocycles. The van der Waals surface area contributed by atoms with Crippen LogP contribution in [0.2, 0.25) is 0 Å². The summed E-state index contributed by atoms with van der Waals surface area (Å²) in [5, 5.41) is 2.62. The van der Waals surface area contributed by atoms with Crippen molar-refractivity contribution in [2.75, 3.05) is 32.4 Å². The highest BCUT2D eigenvalue weighted by Crippen LogP contribution is 2.28. The monoisotopic (exact) mass is 393 g/mol. The first-order valence-corrected chi connectivity index (χ1v) is 11.3. The number of hydrogen-bond acceptors (Lipinski definition) is 5. The Morgan fingerprint density at radius 2 is 1.92 bits per heavy atom. The van der Waals surface area contributed by atoms with Crippen molar-refractivity contribution in [1.29, 1.82) is 0 Å². The molecule has 8 heteroatoms. The number of hydrogen-bond donors (Lipinski definition) is 0. The zero-order valence-corrected chi connectivity index (χ0v) is 16.9. The lowest BCUT2D eigenvalue weighted by atomic mass is 10.1. The van der Waals surface area contributed by atoms with Gasteiger partial charge in [0.2, 0.25) is 10.0 Å². The highest BCUT2D eigenvalue weighted by molar-refractivity contribution is 7.88. The highest BCUT2D eigenvalue weighted by atomic mass is 32.2. The molecule has 26 heavy (non-hydrogen) atoms. The van der Waals surface area contributed by atoms with Crippen molar-refractivity contribution in [3.05, 3.63) is 40.4 Å². The van der Waals surface area contributed by atoms with Crippen LogP contribution in [-0.2, 0) is 10.0 Å². The average Bonchev–Trinajstić information content (AvgIpc) is 2.89. The summed E-state index contributed by atoms with van der Waals surface area (Å²) in [6.07, 6.45) is 1.84. The van der Waals surface area contributed by atoms with Gasteiger partial charge in [0.25, 0.3) is 5.91 Å². The fourth-order valence-corrected chi connectivity index (χ4v) is 4.90. The number of benzene rings is 1. The van der Waals surface area contributed by atoms with Crippen LogP contribution < -0.4 is 0 Å². The second-order valence-corrected chi connectivity index (χ2v) is 9.50. The maximum Gasteiger partial charge on any atom is 0.273 e. The minimum absolute atomic E-state index is 0.132. The molecule has 1 aliphatic rings. The third-order valence-corrected chi connectivity index (χ3v) is 6.73. The molecule has 1 aromatic carbocycles. The molecule has 3 rings (SSSR count). The van der Waals surface area contributed by atoms with Gasteiger partial charge in [-0.15, -0.1) is 11.3 Å². The van der Waals surface area contributed by atoms with Crippen LogP contribution >= 0.6 is 11.3 Å². The molecule has 0 saturated carbocycles. The molecule has 1 aliphatic heterocycles. The second kappa shape index (κ2) is 7.46. The fourth-order valence-electron chi connectivity index (χ4n) is 3.14. The quantitative estimate of drug-likeness (QED) is 0.803. The number of nitrogens with zero attached hydrogens (tertiary/aromatic N) is 3. The number of thiazole rings is 1. The molecule has 1 aromatic heterocycles. The summed E-state index contributed by atoms with van der Waals surface area (Å²) in [6, 6.07) is 6.18. The molecule has 0 spiro atoms. The van der Waals surface area contributed by atoms with E-state index in [1.54, 1.807) is 10.3 Å². The second-order valence-electron chi connectivity index (χ2n) is 6.66. The molecule has 140 valence electrons. The Bertz CT molecular complexity index is 922. The van der Waals surface area contributed by atoms with E-state index < -0.39 is 10.0 Å². The summed E-state index contributed by atoms with van der Waals surface area (Å²) in [7, 11) is -3.22. The Morgan fingerprint density at radius 1 is 1.15 bits per heavy atom. The van der Waals surface area contributed by atoms with Gasteiger partial charge >= 0.3 is 0 Å². The molecule has 0 bridgehead atoms. The SMILES string of the molecule is Cc1ccc(-c2nc(C(=O)N3CCCN(S(C)(=O)=O)CC3)cs2)c(C)c1. The van der Waals surface area contributed by atoms with Crippen LogP contribution in [0.5, 0.6) is 0 Å². The van der Waals surface area contributed by atoms with Crippen LogP contribution in [0.4, 0.5) is 0 Å². The molecule has 0 atom stereocenters. The molecule has 0 radical (unpaired) electrons. The van der Waals surface area contributed by atoms with E-state index in [0.29, 0.717) is 38.3 Å². The lowest BCUT2D eigenvalue weighted by Gasteiger charge is -2.20. The van der Waals surface area contributed by atoms with E-state index in [1.165, 1.54) is 27.5 Å². The number of carbonyl (C=O) groups excluding carboxylic acids is 1. The van der Waals surface area contributed by atoms with E-state index in [1.807, 2.05) is 26.0 Å². The van der Waals surface area contributed by atoms with Gasteiger partial charge in [0, 0.05) is 37.1 Å². The summed E-state index contributed by atoms with van der Waals surface area (Å²) in [4.78, 5) is 19.0. The number of amides is 1. The Morgan fingerprint density at radius 3 is 2.62 bits per heavy atom. The number of sulfonamides is 1. The van der Waals surface area contributed by atoms with Crippen molar-refractivity contribution >= 4 is 27.3 Å². The fraction of sp³-hybridized carbons (Fsp3) is 0.444. The zero-order chi connectivity index (χ0) is 18.9. The van der Waals surface area contributed by atoms with E-state index in [9.17, 15) is 13.2 Å². The van der Waals surface area contributed by atoms with Crippen LogP contribution in [0.3, 0.4) is 0 Å². The first-order chi connectivity index (χ1) is 12.3. The Labute approximate surface area is 158 Å². The third kappa shape index (κ3) is 4.13. The maximum absolute atomic E-state index is 12.8. The zero-order valence-electron chi connectivity index (χ0n) is 15.2. The van der Waals surface area contributed by atoms with E-state index >= 15 is 0 Å². The van der Waals surface area contributed by atoms with Gasteiger partial charge < -0.3 is 4.90 Å². The number of rotatable bonds is 3. The van der Waals surface area contributed by atoms with Crippen LogP contribution in [0, 0.1) is 13.8 Å². The van der Waals surface area contributed by atoms with Crippen molar-refractivity contribution in [1.82, 2.24) is 14.2 Å². The van der Waals surface area contributed by atoms with Crippen molar-refractivity contribution in [3.63, 3.8) is 0 Å². The number of aromatic nitrogens is 1. The van der Waals surface area contributed by atoms with Gasteiger partial charge in [-0.3, -0.25) is 4.79 Å². The number of aryl methyl sites for hydroxylation is 2. The minimum atomic E-state index is -3.22. The smallest absolute Gasteiger partial charge is 0.273 e. The molecular formula is C18H23N3O3S2. The van der Waals surface area contributed by atoms with E-state index in [-0.39, 0.29) is 5.91 Å². The van der Waals surface area contributed by atoms with E-state index in [4.69, 9.17) is 0 Å². The van der Waals surface area contributed by atoms with Crippen LogP contribution in [-0.4, -0.2) is 60.9 Å². The van der Waals surface area contributed by atoms with Gasteiger partial charge in [-0.1, -0.05) is 23.8 Å².